The molecule has 1 heterocycles. The molecular formula is C12H16N2O. The quantitative estimate of drug-likeness (QED) is 0.801. The van der Waals surface area contributed by atoms with E-state index < -0.39 is 0 Å². The Morgan fingerprint density at radius 1 is 1.47 bits per heavy atom. The number of nitrogens with two attached hydrogens (primary N) is 1. The lowest BCUT2D eigenvalue weighted by atomic mass is 9.92. The van der Waals surface area contributed by atoms with Gasteiger partial charge in [0.1, 0.15) is 5.75 Å². The molecule has 3 nitrogen and oxygen atoms in total. The highest BCUT2D eigenvalue weighted by atomic mass is 16.5. The average molecular weight is 204 g/mol. The molecular weight excluding hydrogens is 188 g/mol. The molecule has 1 aromatic heterocycles. The molecule has 1 aliphatic carbocycles. The predicted octanol–water partition coefficient (Wildman–Crippen LogP) is 1.98. The molecule has 1 aliphatic rings. The number of methoxy groups -OCH3 is 1. The second kappa shape index (κ2) is 4.45. The van der Waals surface area contributed by atoms with E-state index >= 15 is 0 Å². The van der Waals surface area contributed by atoms with Gasteiger partial charge in [0.2, 0.25) is 0 Å². The van der Waals surface area contributed by atoms with Crippen LogP contribution in [-0.4, -0.2) is 18.1 Å². The van der Waals surface area contributed by atoms with E-state index in [9.17, 15) is 0 Å². The summed E-state index contributed by atoms with van der Waals surface area (Å²) in [5.74, 6) is 0.809. The molecule has 0 spiro atoms. The second-order valence-corrected chi connectivity index (χ2v) is 3.88. The van der Waals surface area contributed by atoms with Crippen molar-refractivity contribution in [1.29, 1.82) is 0 Å². The van der Waals surface area contributed by atoms with Crippen molar-refractivity contribution in [2.24, 2.45) is 5.73 Å². The zero-order valence-corrected chi connectivity index (χ0v) is 8.94. The van der Waals surface area contributed by atoms with Crippen molar-refractivity contribution in [1.82, 2.24) is 4.98 Å². The molecule has 1 unspecified atom stereocenters. The SMILES string of the molecule is COc1cncc(C2=CCC(N)CC2)c1. The van der Waals surface area contributed by atoms with Crippen LogP contribution in [0.5, 0.6) is 5.75 Å². The van der Waals surface area contributed by atoms with Gasteiger partial charge in [-0.3, -0.25) is 4.98 Å². The first-order valence-corrected chi connectivity index (χ1v) is 5.23. The van der Waals surface area contributed by atoms with Crippen LogP contribution in [0.4, 0.5) is 0 Å². The van der Waals surface area contributed by atoms with Crippen molar-refractivity contribution < 1.29 is 4.74 Å². The topological polar surface area (TPSA) is 48.1 Å². The second-order valence-electron chi connectivity index (χ2n) is 3.88. The minimum Gasteiger partial charge on any atom is -0.495 e. The lowest BCUT2D eigenvalue weighted by molar-refractivity contribution is 0.412. The van der Waals surface area contributed by atoms with Crippen LogP contribution >= 0.6 is 0 Å². The van der Waals surface area contributed by atoms with Crippen LogP contribution < -0.4 is 10.5 Å². The van der Waals surface area contributed by atoms with Gasteiger partial charge in [0.05, 0.1) is 13.3 Å². The molecule has 0 amide bonds. The van der Waals surface area contributed by atoms with Gasteiger partial charge in [-0.25, -0.2) is 0 Å². The molecule has 0 bridgehead atoms. The number of rotatable bonds is 2. The van der Waals surface area contributed by atoms with Gasteiger partial charge in [-0.05, 0) is 36.5 Å². The Morgan fingerprint density at radius 3 is 3.00 bits per heavy atom. The Morgan fingerprint density at radius 2 is 2.33 bits per heavy atom. The highest BCUT2D eigenvalue weighted by molar-refractivity contribution is 5.66. The average Bonchev–Trinajstić information content (AvgIpc) is 2.30. The van der Waals surface area contributed by atoms with Gasteiger partial charge in [-0.1, -0.05) is 6.08 Å². The van der Waals surface area contributed by atoms with E-state index in [4.69, 9.17) is 10.5 Å². The summed E-state index contributed by atoms with van der Waals surface area (Å²) in [5, 5.41) is 0. The van der Waals surface area contributed by atoms with Gasteiger partial charge >= 0.3 is 0 Å². The number of hydrogen-bond donors (Lipinski definition) is 1. The fourth-order valence-electron chi connectivity index (χ4n) is 1.82. The number of aromatic nitrogens is 1. The summed E-state index contributed by atoms with van der Waals surface area (Å²) < 4.78 is 5.15. The molecule has 1 aromatic rings. The molecule has 0 saturated heterocycles. The molecule has 0 aromatic carbocycles. The summed E-state index contributed by atoms with van der Waals surface area (Å²) in [4.78, 5) is 4.15. The lowest BCUT2D eigenvalue weighted by Crippen LogP contribution is -2.21. The first kappa shape index (κ1) is 10.2. The van der Waals surface area contributed by atoms with Crippen molar-refractivity contribution in [2.45, 2.75) is 25.3 Å². The van der Waals surface area contributed by atoms with Crippen molar-refractivity contribution in [3.8, 4) is 5.75 Å². The van der Waals surface area contributed by atoms with Crippen molar-refractivity contribution in [3.63, 3.8) is 0 Å². The van der Waals surface area contributed by atoms with Crippen LogP contribution in [0.1, 0.15) is 24.8 Å². The van der Waals surface area contributed by atoms with E-state index in [-0.39, 0.29) is 0 Å². The zero-order chi connectivity index (χ0) is 10.7. The standard InChI is InChI=1S/C12H16N2O/c1-15-12-6-10(7-14-8-12)9-2-4-11(13)5-3-9/h2,6-8,11H,3-5,13H2,1H3. The van der Waals surface area contributed by atoms with E-state index in [2.05, 4.69) is 11.1 Å². The number of pyridine rings is 1. The Balaban J connectivity index is 2.22. The van der Waals surface area contributed by atoms with Crippen LogP contribution in [0.25, 0.3) is 5.57 Å². The van der Waals surface area contributed by atoms with Gasteiger partial charge < -0.3 is 10.5 Å². The first-order chi connectivity index (χ1) is 7.29. The van der Waals surface area contributed by atoms with E-state index in [1.807, 2.05) is 12.3 Å². The fourth-order valence-corrected chi connectivity index (χ4v) is 1.82. The minimum absolute atomic E-state index is 0.326. The molecule has 15 heavy (non-hydrogen) atoms. The molecule has 0 saturated carbocycles. The Hall–Kier alpha value is -1.35. The summed E-state index contributed by atoms with van der Waals surface area (Å²) >= 11 is 0. The molecule has 3 heteroatoms. The maximum Gasteiger partial charge on any atom is 0.137 e. The predicted molar refractivity (Wildman–Crippen MR) is 60.6 cm³/mol. The third-order valence-electron chi connectivity index (χ3n) is 2.77. The summed E-state index contributed by atoms with van der Waals surface area (Å²) in [6.45, 7) is 0. The van der Waals surface area contributed by atoms with Crippen molar-refractivity contribution in [3.05, 3.63) is 30.1 Å². The summed E-state index contributed by atoms with van der Waals surface area (Å²) in [5.41, 5.74) is 8.34. The van der Waals surface area contributed by atoms with Gasteiger partial charge in [0.15, 0.2) is 0 Å². The number of ether oxygens (including phenoxy) is 1. The van der Waals surface area contributed by atoms with Crippen LogP contribution in [0.15, 0.2) is 24.5 Å². The van der Waals surface area contributed by atoms with Gasteiger partial charge in [0.25, 0.3) is 0 Å². The van der Waals surface area contributed by atoms with Gasteiger partial charge in [0, 0.05) is 12.2 Å². The monoisotopic (exact) mass is 204 g/mol. The lowest BCUT2D eigenvalue weighted by Gasteiger charge is -2.18. The molecule has 0 radical (unpaired) electrons. The van der Waals surface area contributed by atoms with Crippen molar-refractivity contribution >= 4 is 5.57 Å². The number of allylic oxidation sites excluding steroid dienone is 1. The smallest absolute Gasteiger partial charge is 0.137 e. The number of hydrogen-bond acceptors (Lipinski definition) is 3. The van der Waals surface area contributed by atoms with Crippen LogP contribution in [0.3, 0.4) is 0 Å². The molecule has 2 rings (SSSR count). The molecule has 0 fully saturated rings. The molecule has 2 N–H and O–H groups in total. The maximum absolute atomic E-state index is 5.85. The fraction of sp³-hybridized carbons (Fsp3) is 0.417. The minimum atomic E-state index is 0.326. The molecule has 1 atom stereocenters. The number of nitrogens with zero attached hydrogens (tertiary/aromatic N) is 1. The van der Waals surface area contributed by atoms with Gasteiger partial charge in [-0.15, -0.1) is 0 Å². The largest absolute Gasteiger partial charge is 0.495 e. The maximum atomic E-state index is 5.85. The van der Waals surface area contributed by atoms with E-state index in [1.165, 1.54) is 5.57 Å². The zero-order valence-electron chi connectivity index (χ0n) is 8.94. The highest BCUT2D eigenvalue weighted by Crippen LogP contribution is 2.27. The Labute approximate surface area is 90.0 Å². The normalized spacial score (nSPS) is 20.9. The summed E-state index contributed by atoms with van der Waals surface area (Å²) in [6.07, 6.45) is 8.88. The van der Waals surface area contributed by atoms with Crippen LogP contribution in [-0.2, 0) is 0 Å². The summed E-state index contributed by atoms with van der Waals surface area (Å²) in [7, 11) is 1.66. The van der Waals surface area contributed by atoms with E-state index in [0.717, 1.165) is 30.6 Å². The third kappa shape index (κ3) is 2.36. The van der Waals surface area contributed by atoms with E-state index in [1.54, 1.807) is 13.3 Å². The molecule has 80 valence electrons. The third-order valence-corrected chi connectivity index (χ3v) is 2.77. The highest BCUT2D eigenvalue weighted by Gasteiger charge is 2.12. The molecule has 0 aliphatic heterocycles. The first-order valence-electron chi connectivity index (χ1n) is 5.23. The van der Waals surface area contributed by atoms with Crippen LogP contribution in [0.2, 0.25) is 0 Å². The van der Waals surface area contributed by atoms with E-state index in [0.29, 0.717) is 6.04 Å². The summed E-state index contributed by atoms with van der Waals surface area (Å²) in [6, 6.07) is 2.35. The van der Waals surface area contributed by atoms with Crippen LogP contribution in [0, 0.1) is 0 Å². The van der Waals surface area contributed by atoms with Crippen molar-refractivity contribution in [2.75, 3.05) is 7.11 Å². The van der Waals surface area contributed by atoms with Gasteiger partial charge in [-0.2, -0.15) is 0 Å². The Bertz CT molecular complexity index is 374. The Kier molecular flexibility index (Phi) is 3.02.